The Balaban J connectivity index is 0.00000220. The van der Waals surface area contributed by atoms with Crippen LogP contribution in [0.3, 0.4) is 0 Å². The van der Waals surface area contributed by atoms with E-state index >= 15 is 0 Å². The van der Waals surface area contributed by atoms with Crippen LogP contribution in [-0.2, 0) is 16.0 Å². The van der Waals surface area contributed by atoms with Gasteiger partial charge < -0.3 is 15.0 Å². The average molecular weight is 370 g/mol. The molecule has 22 heavy (non-hydrogen) atoms. The first-order valence-corrected chi connectivity index (χ1v) is 8.05. The Kier molecular flexibility index (Phi) is 10.2. The van der Waals surface area contributed by atoms with Crippen LogP contribution in [0.25, 0.3) is 0 Å². The molecule has 0 saturated carbocycles. The fourth-order valence-corrected chi connectivity index (χ4v) is 3.20. The minimum atomic E-state index is 0. The summed E-state index contributed by atoms with van der Waals surface area (Å²) in [5, 5.41) is 6.21. The van der Waals surface area contributed by atoms with Crippen LogP contribution in [0.15, 0.2) is 5.38 Å². The molecular formula is C14H25Cl2N3O2S. The molecule has 2 rings (SSSR count). The Morgan fingerprint density at radius 1 is 1.59 bits per heavy atom. The number of thiazole rings is 1. The summed E-state index contributed by atoms with van der Waals surface area (Å²) in [7, 11) is 0. The zero-order valence-electron chi connectivity index (χ0n) is 13.2. The van der Waals surface area contributed by atoms with Gasteiger partial charge in [-0.15, -0.1) is 36.2 Å². The molecule has 1 N–H and O–H groups in total. The van der Waals surface area contributed by atoms with E-state index in [2.05, 4.69) is 17.2 Å². The van der Waals surface area contributed by atoms with Gasteiger partial charge in [-0.3, -0.25) is 4.79 Å². The molecule has 0 aliphatic carbocycles. The second-order valence-electron chi connectivity index (χ2n) is 5.09. The van der Waals surface area contributed by atoms with Crippen LogP contribution in [0.4, 0.5) is 0 Å². The molecular weight excluding hydrogens is 345 g/mol. The van der Waals surface area contributed by atoms with E-state index < -0.39 is 0 Å². The molecule has 5 nitrogen and oxygen atoms in total. The van der Waals surface area contributed by atoms with E-state index in [4.69, 9.17) is 4.74 Å². The second-order valence-corrected chi connectivity index (χ2v) is 5.98. The standard InChI is InChI=1S/C14H23N3O2S.2ClH/c1-4-19-11(3)14-16-12(9-20-14)7-13(18)17-6-5-15-8-10(17)2;;/h9-11,15H,4-8H2,1-3H3;2*1H. The molecule has 1 aromatic heterocycles. The zero-order valence-corrected chi connectivity index (χ0v) is 15.7. The topological polar surface area (TPSA) is 54.5 Å². The maximum atomic E-state index is 12.3. The van der Waals surface area contributed by atoms with Crippen molar-refractivity contribution in [3.05, 3.63) is 16.1 Å². The van der Waals surface area contributed by atoms with Crippen LogP contribution in [-0.4, -0.2) is 48.1 Å². The van der Waals surface area contributed by atoms with Crippen molar-refractivity contribution in [2.45, 2.75) is 39.3 Å². The second kappa shape index (κ2) is 10.4. The van der Waals surface area contributed by atoms with Crippen molar-refractivity contribution in [2.75, 3.05) is 26.2 Å². The maximum Gasteiger partial charge on any atom is 0.228 e. The molecule has 1 saturated heterocycles. The minimum absolute atomic E-state index is 0. The molecule has 1 aliphatic heterocycles. The van der Waals surface area contributed by atoms with Gasteiger partial charge in [-0.05, 0) is 20.8 Å². The van der Waals surface area contributed by atoms with Gasteiger partial charge in [-0.1, -0.05) is 0 Å². The van der Waals surface area contributed by atoms with Gasteiger partial charge in [0.2, 0.25) is 5.91 Å². The van der Waals surface area contributed by atoms with Crippen LogP contribution < -0.4 is 5.32 Å². The number of halogens is 2. The maximum absolute atomic E-state index is 12.3. The molecule has 1 aromatic rings. The molecule has 2 heterocycles. The predicted octanol–water partition coefficient (Wildman–Crippen LogP) is 2.45. The first-order valence-electron chi connectivity index (χ1n) is 7.18. The third kappa shape index (κ3) is 5.66. The summed E-state index contributed by atoms with van der Waals surface area (Å²) >= 11 is 1.57. The van der Waals surface area contributed by atoms with Crippen molar-refractivity contribution < 1.29 is 9.53 Å². The van der Waals surface area contributed by atoms with Gasteiger partial charge in [0.25, 0.3) is 0 Å². The summed E-state index contributed by atoms with van der Waals surface area (Å²) in [5.74, 6) is 0.167. The van der Waals surface area contributed by atoms with Crippen molar-refractivity contribution in [3.8, 4) is 0 Å². The Morgan fingerprint density at radius 2 is 2.32 bits per heavy atom. The van der Waals surface area contributed by atoms with Crippen molar-refractivity contribution >= 4 is 42.1 Å². The van der Waals surface area contributed by atoms with Crippen LogP contribution >= 0.6 is 36.2 Å². The van der Waals surface area contributed by atoms with Gasteiger partial charge in [-0.2, -0.15) is 0 Å². The highest BCUT2D eigenvalue weighted by Gasteiger charge is 2.23. The quantitative estimate of drug-likeness (QED) is 0.865. The lowest BCUT2D eigenvalue weighted by Gasteiger charge is -2.33. The first-order chi connectivity index (χ1) is 9.61. The highest BCUT2D eigenvalue weighted by atomic mass is 35.5. The molecule has 0 radical (unpaired) electrons. The zero-order chi connectivity index (χ0) is 14.5. The third-order valence-electron chi connectivity index (χ3n) is 3.49. The number of amides is 1. The van der Waals surface area contributed by atoms with Gasteiger partial charge in [-0.25, -0.2) is 4.98 Å². The van der Waals surface area contributed by atoms with Crippen molar-refractivity contribution in [3.63, 3.8) is 0 Å². The Labute approximate surface area is 148 Å². The summed E-state index contributed by atoms with van der Waals surface area (Å²) in [6.07, 6.45) is 0.395. The molecule has 2 atom stereocenters. The van der Waals surface area contributed by atoms with Crippen LogP contribution in [0.2, 0.25) is 0 Å². The van der Waals surface area contributed by atoms with Crippen LogP contribution in [0.1, 0.15) is 37.6 Å². The number of carbonyl (C=O) groups is 1. The number of hydrogen-bond donors (Lipinski definition) is 1. The highest BCUT2D eigenvalue weighted by Crippen LogP contribution is 2.21. The lowest BCUT2D eigenvalue weighted by atomic mass is 10.2. The average Bonchev–Trinajstić information content (AvgIpc) is 2.88. The first kappa shape index (κ1) is 21.6. The van der Waals surface area contributed by atoms with E-state index in [9.17, 15) is 4.79 Å². The van der Waals surface area contributed by atoms with Gasteiger partial charge in [0, 0.05) is 37.7 Å². The Morgan fingerprint density at radius 3 is 2.95 bits per heavy atom. The molecule has 128 valence electrons. The lowest BCUT2D eigenvalue weighted by molar-refractivity contribution is -0.133. The summed E-state index contributed by atoms with van der Waals surface area (Å²) in [6.45, 7) is 9.25. The molecule has 1 fully saturated rings. The number of carbonyl (C=O) groups excluding carboxylic acids is 1. The van der Waals surface area contributed by atoms with E-state index in [0.717, 1.165) is 30.3 Å². The smallest absolute Gasteiger partial charge is 0.228 e. The van der Waals surface area contributed by atoms with Crippen molar-refractivity contribution in [1.29, 1.82) is 0 Å². The van der Waals surface area contributed by atoms with E-state index in [0.29, 0.717) is 13.0 Å². The summed E-state index contributed by atoms with van der Waals surface area (Å²) < 4.78 is 5.52. The molecule has 0 spiro atoms. The molecule has 0 aromatic carbocycles. The van der Waals surface area contributed by atoms with Gasteiger partial charge in [0.1, 0.15) is 11.1 Å². The van der Waals surface area contributed by atoms with Gasteiger partial charge in [0.05, 0.1) is 12.1 Å². The summed E-state index contributed by atoms with van der Waals surface area (Å²) in [4.78, 5) is 18.8. The largest absolute Gasteiger partial charge is 0.372 e. The normalized spacial score (nSPS) is 19.0. The third-order valence-corrected chi connectivity index (χ3v) is 4.54. The monoisotopic (exact) mass is 369 g/mol. The number of nitrogens with zero attached hydrogens (tertiary/aromatic N) is 2. The van der Waals surface area contributed by atoms with Crippen LogP contribution in [0.5, 0.6) is 0 Å². The summed E-state index contributed by atoms with van der Waals surface area (Å²) in [5.41, 5.74) is 0.854. The van der Waals surface area contributed by atoms with Crippen molar-refractivity contribution in [1.82, 2.24) is 15.2 Å². The predicted molar refractivity (Wildman–Crippen MR) is 94.4 cm³/mol. The molecule has 0 bridgehead atoms. The molecule has 1 aliphatic rings. The fourth-order valence-electron chi connectivity index (χ4n) is 2.38. The summed E-state index contributed by atoms with van der Waals surface area (Å²) in [6, 6.07) is 0.261. The minimum Gasteiger partial charge on any atom is -0.372 e. The SMILES string of the molecule is CCOC(C)c1nc(CC(=O)N2CCNCC2C)cs1.Cl.Cl. The number of aromatic nitrogens is 1. The fraction of sp³-hybridized carbons (Fsp3) is 0.714. The van der Waals surface area contributed by atoms with E-state index in [1.807, 2.05) is 24.1 Å². The Hall–Kier alpha value is -0.400. The van der Waals surface area contributed by atoms with E-state index in [1.54, 1.807) is 11.3 Å². The number of piperazine rings is 1. The van der Waals surface area contributed by atoms with E-state index in [1.165, 1.54) is 0 Å². The van der Waals surface area contributed by atoms with Gasteiger partial charge in [0.15, 0.2) is 0 Å². The van der Waals surface area contributed by atoms with Gasteiger partial charge >= 0.3 is 0 Å². The molecule has 8 heteroatoms. The highest BCUT2D eigenvalue weighted by molar-refractivity contribution is 7.09. The molecule has 1 amide bonds. The number of ether oxygens (including phenoxy) is 1. The lowest BCUT2D eigenvalue weighted by Crippen LogP contribution is -2.52. The number of nitrogens with one attached hydrogen (secondary N) is 1. The number of rotatable bonds is 5. The Bertz CT molecular complexity index is 459. The van der Waals surface area contributed by atoms with Crippen molar-refractivity contribution in [2.24, 2.45) is 0 Å². The molecule has 2 unspecified atom stereocenters. The van der Waals surface area contributed by atoms with Crippen LogP contribution in [0, 0.1) is 0 Å². The number of hydrogen-bond acceptors (Lipinski definition) is 5. The van der Waals surface area contributed by atoms with E-state index in [-0.39, 0.29) is 42.9 Å².